The third-order valence-electron chi connectivity index (χ3n) is 4.24. The van der Waals surface area contributed by atoms with E-state index in [1.165, 1.54) is 11.1 Å². The average Bonchev–Trinajstić information content (AvgIpc) is 2.60. The van der Waals surface area contributed by atoms with Crippen molar-refractivity contribution in [3.63, 3.8) is 0 Å². The summed E-state index contributed by atoms with van der Waals surface area (Å²) in [6.07, 6.45) is 0.414. The lowest BCUT2D eigenvalue weighted by Crippen LogP contribution is -2.38. The molecule has 0 bridgehead atoms. The summed E-state index contributed by atoms with van der Waals surface area (Å²) in [5, 5.41) is 10.2. The van der Waals surface area contributed by atoms with Crippen molar-refractivity contribution in [1.82, 2.24) is 4.90 Å². The largest absolute Gasteiger partial charge is 0.491 e. The zero-order valence-electron chi connectivity index (χ0n) is 13.5. The first-order valence-corrected chi connectivity index (χ1v) is 8.11. The van der Waals surface area contributed by atoms with Gasteiger partial charge < -0.3 is 15.6 Å². The van der Waals surface area contributed by atoms with Crippen molar-refractivity contribution in [2.24, 2.45) is 5.73 Å². The van der Waals surface area contributed by atoms with Gasteiger partial charge in [-0.3, -0.25) is 9.69 Å². The van der Waals surface area contributed by atoms with Crippen LogP contribution in [0.1, 0.15) is 21.5 Å². The number of primary amides is 1. The Morgan fingerprint density at radius 2 is 2.00 bits per heavy atom. The van der Waals surface area contributed by atoms with Crippen molar-refractivity contribution >= 4 is 5.91 Å². The molecular weight excluding hydrogens is 304 g/mol. The Balaban J connectivity index is 1.51. The second-order valence-electron chi connectivity index (χ2n) is 6.11. The van der Waals surface area contributed by atoms with Crippen molar-refractivity contribution in [2.45, 2.75) is 19.1 Å². The predicted octanol–water partition coefficient (Wildman–Crippen LogP) is 1.58. The van der Waals surface area contributed by atoms with Crippen LogP contribution in [0.4, 0.5) is 0 Å². The third-order valence-corrected chi connectivity index (χ3v) is 4.24. The summed E-state index contributed by atoms with van der Waals surface area (Å²) in [5.74, 6) is 0.0438. The minimum Gasteiger partial charge on any atom is -0.491 e. The zero-order chi connectivity index (χ0) is 16.9. The molecular formula is C19H22N2O3. The van der Waals surface area contributed by atoms with Crippen LogP contribution in [0, 0.1) is 0 Å². The fourth-order valence-corrected chi connectivity index (χ4v) is 2.99. The SMILES string of the molecule is NC(=O)c1cccc(OCC(O)CN2CCc3ccccc3C2)c1. The van der Waals surface area contributed by atoms with Crippen LogP contribution < -0.4 is 10.5 Å². The monoisotopic (exact) mass is 326 g/mol. The fraction of sp³-hybridized carbons (Fsp3) is 0.316. The molecule has 5 heteroatoms. The van der Waals surface area contributed by atoms with E-state index in [1.54, 1.807) is 24.3 Å². The van der Waals surface area contributed by atoms with Crippen molar-refractivity contribution in [3.8, 4) is 5.75 Å². The van der Waals surface area contributed by atoms with Crippen LogP contribution in [0.3, 0.4) is 0 Å². The van der Waals surface area contributed by atoms with Gasteiger partial charge in [0.05, 0.1) is 0 Å². The molecule has 0 aliphatic carbocycles. The normalized spacial score (nSPS) is 15.5. The first-order valence-electron chi connectivity index (χ1n) is 8.11. The predicted molar refractivity (Wildman–Crippen MR) is 91.9 cm³/mol. The van der Waals surface area contributed by atoms with Gasteiger partial charge in [0.15, 0.2) is 0 Å². The Kier molecular flexibility index (Phi) is 5.13. The van der Waals surface area contributed by atoms with Crippen molar-refractivity contribution < 1.29 is 14.6 Å². The number of ether oxygens (including phenoxy) is 1. The van der Waals surface area contributed by atoms with Crippen LogP contribution in [-0.4, -0.2) is 41.7 Å². The van der Waals surface area contributed by atoms with E-state index in [1.807, 2.05) is 6.07 Å². The van der Waals surface area contributed by atoms with Crippen LogP contribution in [0.2, 0.25) is 0 Å². The number of aliphatic hydroxyl groups is 1. The maximum Gasteiger partial charge on any atom is 0.248 e. The molecule has 1 heterocycles. The molecule has 0 saturated carbocycles. The molecule has 24 heavy (non-hydrogen) atoms. The van der Waals surface area contributed by atoms with Gasteiger partial charge in [-0.15, -0.1) is 0 Å². The van der Waals surface area contributed by atoms with Gasteiger partial charge in [0, 0.05) is 25.2 Å². The molecule has 0 spiro atoms. The summed E-state index contributed by atoms with van der Waals surface area (Å²) in [6.45, 7) is 2.53. The van der Waals surface area contributed by atoms with Crippen molar-refractivity contribution in [3.05, 3.63) is 65.2 Å². The summed E-state index contributed by atoms with van der Waals surface area (Å²) in [5.41, 5.74) is 8.36. The Hall–Kier alpha value is -2.37. The summed E-state index contributed by atoms with van der Waals surface area (Å²) in [4.78, 5) is 13.4. The zero-order valence-corrected chi connectivity index (χ0v) is 13.5. The minimum atomic E-state index is -0.590. The summed E-state index contributed by atoms with van der Waals surface area (Å²) in [7, 11) is 0. The number of carbonyl (C=O) groups excluding carboxylic acids is 1. The topological polar surface area (TPSA) is 75.8 Å². The number of nitrogens with zero attached hydrogens (tertiary/aromatic N) is 1. The maximum absolute atomic E-state index is 11.2. The summed E-state index contributed by atoms with van der Waals surface area (Å²) >= 11 is 0. The number of β-amino-alcohol motifs (C(OH)–C–C–N with tert-alkyl or cyclic N) is 1. The van der Waals surface area contributed by atoms with Crippen LogP contribution in [0.15, 0.2) is 48.5 Å². The second kappa shape index (κ2) is 7.47. The minimum absolute atomic E-state index is 0.181. The molecule has 1 aliphatic rings. The highest BCUT2D eigenvalue weighted by Gasteiger charge is 2.18. The molecule has 2 aromatic rings. The molecule has 0 radical (unpaired) electrons. The maximum atomic E-state index is 11.2. The quantitative estimate of drug-likeness (QED) is 0.845. The smallest absolute Gasteiger partial charge is 0.248 e. The van der Waals surface area contributed by atoms with Crippen molar-refractivity contribution in [1.29, 1.82) is 0 Å². The Morgan fingerprint density at radius 1 is 1.21 bits per heavy atom. The number of hydrogen-bond acceptors (Lipinski definition) is 4. The number of fused-ring (bicyclic) bond motifs is 1. The Morgan fingerprint density at radius 3 is 2.79 bits per heavy atom. The van der Waals surface area contributed by atoms with Gasteiger partial charge in [-0.05, 0) is 35.7 Å². The molecule has 5 nitrogen and oxygen atoms in total. The molecule has 3 N–H and O–H groups in total. The molecule has 1 atom stereocenters. The van der Waals surface area contributed by atoms with Crippen LogP contribution in [-0.2, 0) is 13.0 Å². The Bertz CT molecular complexity index is 717. The number of aliphatic hydroxyl groups excluding tert-OH is 1. The van der Waals surface area contributed by atoms with E-state index in [4.69, 9.17) is 10.5 Å². The number of nitrogens with two attached hydrogens (primary N) is 1. The molecule has 2 aromatic carbocycles. The third kappa shape index (κ3) is 4.13. The fourth-order valence-electron chi connectivity index (χ4n) is 2.99. The molecule has 0 fully saturated rings. The highest BCUT2D eigenvalue weighted by Crippen LogP contribution is 2.19. The van der Waals surface area contributed by atoms with Crippen LogP contribution in [0.25, 0.3) is 0 Å². The van der Waals surface area contributed by atoms with Gasteiger partial charge >= 0.3 is 0 Å². The van der Waals surface area contributed by atoms with Gasteiger partial charge in [-0.25, -0.2) is 0 Å². The molecule has 126 valence electrons. The molecule has 1 unspecified atom stereocenters. The van der Waals surface area contributed by atoms with Gasteiger partial charge in [-0.2, -0.15) is 0 Å². The average molecular weight is 326 g/mol. The molecule has 1 aliphatic heterocycles. The molecule has 0 saturated heterocycles. The lowest BCUT2D eigenvalue weighted by Gasteiger charge is -2.30. The first kappa shape index (κ1) is 16.5. The van der Waals surface area contributed by atoms with Gasteiger partial charge in [0.2, 0.25) is 5.91 Å². The number of amides is 1. The highest BCUT2D eigenvalue weighted by atomic mass is 16.5. The number of benzene rings is 2. The Labute approximate surface area is 141 Å². The summed E-state index contributed by atoms with van der Waals surface area (Å²) in [6, 6.07) is 15.1. The van der Waals surface area contributed by atoms with Gasteiger partial charge in [-0.1, -0.05) is 30.3 Å². The van der Waals surface area contributed by atoms with E-state index in [-0.39, 0.29) is 6.61 Å². The number of hydrogen-bond donors (Lipinski definition) is 2. The summed E-state index contributed by atoms with van der Waals surface area (Å²) < 4.78 is 5.59. The van der Waals surface area contributed by atoms with Crippen LogP contribution >= 0.6 is 0 Å². The van der Waals surface area contributed by atoms with Crippen molar-refractivity contribution in [2.75, 3.05) is 19.7 Å². The van der Waals surface area contributed by atoms with E-state index >= 15 is 0 Å². The standard InChI is InChI=1S/C19H22N2O3/c20-19(23)15-6-3-7-18(10-15)24-13-17(22)12-21-9-8-14-4-1-2-5-16(14)11-21/h1-7,10,17,22H,8-9,11-13H2,(H2,20,23). The number of rotatable bonds is 6. The van der Waals surface area contributed by atoms with E-state index in [9.17, 15) is 9.90 Å². The van der Waals surface area contributed by atoms with Gasteiger partial charge in [0.1, 0.15) is 18.5 Å². The molecule has 0 aromatic heterocycles. The van der Waals surface area contributed by atoms with E-state index in [0.29, 0.717) is 17.9 Å². The lowest BCUT2D eigenvalue weighted by molar-refractivity contribution is 0.0637. The first-order chi connectivity index (χ1) is 11.6. The van der Waals surface area contributed by atoms with Gasteiger partial charge in [0.25, 0.3) is 0 Å². The molecule has 1 amide bonds. The molecule has 3 rings (SSSR count). The highest BCUT2D eigenvalue weighted by molar-refractivity contribution is 5.93. The lowest BCUT2D eigenvalue weighted by atomic mass is 10.00. The second-order valence-corrected chi connectivity index (χ2v) is 6.11. The van der Waals surface area contributed by atoms with E-state index in [0.717, 1.165) is 19.5 Å². The number of carbonyl (C=O) groups is 1. The van der Waals surface area contributed by atoms with Crippen LogP contribution in [0.5, 0.6) is 5.75 Å². The van der Waals surface area contributed by atoms with E-state index in [2.05, 4.69) is 23.1 Å². The van der Waals surface area contributed by atoms with E-state index < -0.39 is 12.0 Å².